The van der Waals surface area contributed by atoms with Gasteiger partial charge >= 0.3 is 0 Å². The molecule has 3 amide bonds. The molecule has 4 heterocycles. The van der Waals surface area contributed by atoms with Gasteiger partial charge in [-0.3, -0.25) is 24.6 Å². The number of carbonyl (C=O) groups is 3. The predicted molar refractivity (Wildman–Crippen MR) is 107 cm³/mol. The fraction of sp³-hybridized carbons (Fsp3) is 0.591. The minimum Gasteiger partial charge on any atom is -0.322 e. The smallest absolute Gasteiger partial charge is 0.255 e. The molecule has 2 bridgehead atoms. The molecule has 3 fully saturated rings. The van der Waals surface area contributed by atoms with Crippen molar-refractivity contribution in [3.8, 4) is 0 Å². The maximum atomic E-state index is 13.1. The number of amides is 3. The summed E-state index contributed by atoms with van der Waals surface area (Å²) in [6, 6.07) is 6.57. The lowest BCUT2D eigenvalue weighted by Gasteiger charge is -2.40. The fourth-order valence-corrected chi connectivity index (χ4v) is 5.54. The molecular weight excluding hydrogens is 368 g/mol. The number of nitrogens with zero attached hydrogens (tertiary/aromatic N) is 2. The van der Waals surface area contributed by atoms with E-state index in [9.17, 15) is 14.4 Å². The van der Waals surface area contributed by atoms with Crippen LogP contribution < -0.4 is 10.6 Å². The van der Waals surface area contributed by atoms with E-state index in [1.165, 1.54) is 31.2 Å². The van der Waals surface area contributed by atoms with Crippen molar-refractivity contribution in [1.82, 2.24) is 20.4 Å². The third-order valence-corrected chi connectivity index (χ3v) is 7.08. The zero-order valence-corrected chi connectivity index (χ0v) is 16.7. The molecule has 0 spiro atoms. The molecule has 3 saturated heterocycles. The van der Waals surface area contributed by atoms with Crippen LogP contribution in [0.3, 0.4) is 0 Å². The van der Waals surface area contributed by atoms with Gasteiger partial charge in [0.15, 0.2) is 0 Å². The number of rotatable bonds is 3. The van der Waals surface area contributed by atoms with Crippen molar-refractivity contribution < 1.29 is 14.4 Å². The molecule has 7 heteroatoms. The molecule has 0 radical (unpaired) electrons. The van der Waals surface area contributed by atoms with Gasteiger partial charge in [0.05, 0.1) is 0 Å². The average molecular weight is 396 g/mol. The summed E-state index contributed by atoms with van der Waals surface area (Å²) in [4.78, 5) is 41.2. The molecule has 7 nitrogen and oxygen atoms in total. The minimum atomic E-state index is -0.554. The van der Waals surface area contributed by atoms with Crippen LogP contribution in [0.25, 0.3) is 0 Å². The molecular formula is C22H28N4O3. The first kappa shape index (κ1) is 18.8. The Labute approximate surface area is 170 Å². The Bertz CT molecular complexity index is 840. The van der Waals surface area contributed by atoms with Gasteiger partial charge < -0.3 is 10.2 Å². The summed E-state index contributed by atoms with van der Waals surface area (Å²) < 4.78 is 0. The molecule has 154 valence electrons. The summed E-state index contributed by atoms with van der Waals surface area (Å²) in [5.74, 6) is -0.691. The standard InChI is InChI=1S/C22H28N4O3/c27-20-8-7-19(21(28)24-20)26-13-18-14(3-1-6-17(18)22(26)29)12-25-15-4-2-5-16(25)11-23-10-9-15/h1,3,6,15-16,19,23H,2,4-5,7-13H2,(H,24,27,28). The molecule has 3 atom stereocenters. The van der Waals surface area contributed by atoms with Crippen LogP contribution in [0.1, 0.15) is 60.0 Å². The molecule has 0 saturated carbocycles. The van der Waals surface area contributed by atoms with E-state index in [4.69, 9.17) is 0 Å². The van der Waals surface area contributed by atoms with Gasteiger partial charge in [0.25, 0.3) is 5.91 Å². The van der Waals surface area contributed by atoms with E-state index in [1.54, 1.807) is 4.90 Å². The first-order valence-corrected chi connectivity index (χ1v) is 10.8. The second kappa shape index (κ2) is 7.54. The highest BCUT2D eigenvalue weighted by molar-refractivity contribution is 6.05. The van der Waals surface area contributed by atoms with Gasteiger partial charge in [-0.25, -0.2) is 0 Å². The number of piperidine rings is 2. The molecule has 4 aliphatic rings. The van der Waals surface area contributed by atoms with Crippen molar-refractivity contribution in [1.29, 1.82) is 0 Å². The Kier molecular flexibility index (Phi) is 4.87. The summed E-state index contributed by atoms with van der Waals surface area (Å²) in [7, 11) is 0. The minimum absolute atomic E-state index is 0.0888. The molecule has 29 heavy (non-hydrogen) atoms. The number of imide groups is 1. The number of nitrogens with one attached hydrogen (secondary N) is 2. The van der Waals surface area contributed by atoms with Crippen LogP contribution in [0, 0.1) is 0 Å². The van der Waals surface area contributed by atoms with Gasteiger partial charge in [-0.15, -0.1) is 0 Å². The SMILES string of the molecule is O=C1CCC(N2Cc3c(CN4C5CCCC4CNCC5)cccc3C2=O)C(=O)N1. The Morgan fingerprint density at radius 2 is 1.90 bits per heavy atom. The largest absolute Gasteiger partial charge is 0.322 e. The first-order chi connectivity index (χ1) is 14.1. The van der Waals surface area contributed by atoms with Crippen molar-refractivity contribution in [3.63, 3.8) is 0 Å². The van der Waals surface area contributed by atoms with E-state index >= 15 is 0 Å². The normalized spacial score (nSPS) is 30.1. The summed E-state index contributed by atoms with van der Waals surface area (Å²) in [6.45, 7) is 3.42. The average Bonchev–Trinajstić information content (AvgIpc) is 3.00. The highest BCUT2D eigenvalue weighted by atomic mass is 16.2. The van der Waals surface area contributed by atoms with Gasteiger partial charge in [0.2, 0.25) is 11.8 Å². The topological polar surface area (TPSA) is 81.8 Å². The van der Waals surface area contributed by atoms with Gasteiger partial charge in [0.1, 0.15) is 6.04 Å². The summed E-state index contributed by atoms with van der Waals surface area (Å²) in [6.07, 6.45) is 5.62. The van der Waals surface area contributed by atoms with Crippen LogP contribution in [0.2, 0.25) is 0 Å². The van der Waals surface area contributed by atoms with E-state index in [0.29, 0.717) is 30.6 Å². The molecule has 3 unspecified atom stereocenters. The maximum absolute atomic E-state index is 13.1. The van der Waals surface area contributed by atoms with E-state index in [-0.39, 0.29) is 24.1 Å². The Morgan fingerprint density at radius 1 is 1.03 bits per heavy atom. The van der Waals surface area contributed by atoms with Gasteiger partial charge in [0, 0.05) is 43.7 Å². The number of benzene rings is 1. The maximum Gasteiger partial charge on any atom is 0.255 e. The Morgan fingerprint density at radius 3 is 2.76 bits per heavy atom. The quantitative estimate of drug-likeness (QED) is 0.750. The first-order valence-electron chi connectivity index (χ1n) is 10.8. The number of carbonyl (C=O) groups excluding carboxylic acids is 3. The van der Waals surface area contributed by atoms with Crippen molar-refractivity contribution >= 4 is 17.7 Å². The fourth-order valence-electron chi connectivity index (χ4n) is 5.54. The predicted octanol–water partition coefficient (Wildman–Crippen LogP) is 1.16. The van der Waals surface area contributed by atoms with Crippen molar-refractivity contribution in [2.24, 2.45) is 0 Å². The molecule has 0 aromatic heterocycles. The highest BCUT2D eigenvalue weighted by Crippen LogP contribution is 2.33. The zero-order chi connectivity index (χ0) is 20.0. The third kappa shape index (κ3) is 3.36. The lowest BCUT2D eigenvalue weighted by atomic mass is 9.93. The molecule has 0 aliphatic carbocycles. The molecule has 4 aliphatic heterocycles. The van der Waals surface area contributed by atoms with Gasteiger partial charge in [-0.1, -0.05) is 18.6 Å². The van der Waals surface area contributed by atoms with E-state index in [1.807, 2.05) is 12.1 Å². The second-order valence-corrected chi connectivity index (χ2v) is 8.75. The van der Waals surface area contributed by atoms with Crippen LogP contribution in [-0.4, -0.2) is 58.7 Å². The molecule has 1 aromatic rings. The Balaban J connectivity index is 1.39. The number of hydrogen-bond acceptors (Lipinski definition) is 5. The number of hydrogen-bond donors (Lipinski definition) is 2. The van der Waals surface area contributed by atoms with Crippen LogP contribution in [0.5, 0.6) is 0 Å². The van der Waals surface area contributed by atoms with E-state index < -0.39 is 6.04 Å². The van der Waals surface area contributed by atoms with Gasteiger partial charge in [-0.05, 0) is 49.4 Å². The summed E-state index contributed by atoms with van der Waals surface area (Å²) in [5.41, 5.74) is 2.97. The van der Waals surface area contributed by atoms with Crippen LogP contribution in [0.4, 0.5) is 0 Å². The molecule has 2 N–H and O–H groups in total. The van der Waals surface area contributed by atoms with Crippen molar-refractivity contribution in [3.05, 3.63) is 34.9 Å². The van der Waals surface area contributed by atoms with Crippen molar-refractivity contribution in [2.75, 3.05) is 13.1 Å². The zero-order valence-electron chi connectivity index (χ0n) is 16.7. The summed E-state index contributed by atoms with van der Waals surface area (Å²) >= 11 is 0. The van der Waals surface area contributed by atoms with Crippen molar-refractivity contribution in [2.45, 2.75) is 69.7 Å². The van der Waals surface area contributed by atoms with Crippen LogP contribution in [-0.2, 0) is 22.7 Å². The van der Waals surface area contributed by atoms with Crippen LogP contribution in [0.15, 0.2) is 18.2 Å². The third-order valence-electron chi connectivity index (χ3n) is 7.08. The lowest BCUT2D eigenvalue weighted by Crippen LogP contribution is -2.52. The number of fused-ring (bicyclic) bond motifs is 3. The molecule has 1 aromatic carbocycles. The highest BCUT2D eigenvalue weighted by Gasteiger charge is 2.40. The van der Waals surface area contributed by atoms with E-state index in [0.717, 1.165) is 25.2 Å². The van der Waals surface area contributed by atoms with Gasteiger partial charge in [-0.2, -0.15) is 0 Å². The Hall–Kier alpha value is -2.25. The second-order valence-electron chi connectivity index (χ2n) is 8.75. The monoisotopic (exact) mass is 396 g/mol. The molecule has 5 rings (SSSR count). The van der Waals surface area contributed by atoms with Crippen LogP contribution >= 0.6 is 0 Å². The lowest BCUT2D eigenvalue weighted by molar-refractivity contribution is -0.136. The van der Waals surface area contributed by atoms with E-state index in [2.05, 4.69) is 21.6 Å². The summed E-state index contributed by atoms with van der Waals surface area (Å²) in [5, 5.41) is 5.96.